The van der Waals surface area contributed by atoms with Gasteiger partial charge in [0.05, 0.1) is 18.4 Å². The minimum Gasteiger partial charge on any atom is -0.328 e. The molecule has 7 heteroatoms. The van der Waals surface area contributed by atoms with Gasteiger partial charge < -0.3 is 5.73 Å². The number of piperidine rings is 1. The monoisotopic (exact) mass is 313 g/mol. The second kappa shape index (κ2) is 6.67. The molecule has 0 aliphatic carbocycles. The summed E-state index contributed by atoms with van der Waals surface area (Å²) < 4.78 is 1.81. The van der Waals surface area contributed by atoms with Crippen LogP contribution < -0.4 is 5.73 Å². The summed E-state index contributed by atoms with van der Waals surface area (Å²) in [6, 6.07) is 0.387. The maximum atomic E-state index is 5.92. The van der Waals surface area contributed by atoms with Crippen LogP contribution in [-0.2, 0) is 13.6 Å². The van der Waals surface area contributed by atoms with Crippen LogP contribution in [0.5, 0.6) is 0 Å². The SMILES string of the molecule is Cl.Cn1cc(-c2csc(CN3CCC(N)CC3)n2)cn1. The van der Waals surface area contributed by atoms with Gasteiger partial charge in [-0.3, -0.25) is 9.58 Å². The van der Waals surface area contributed by atoms with E-state index in [0.29, 0.717) is 6.04 Å². The van der Waals surface area contributed by atoms with Crippen LogP contribution in [-0.4, -0.2) is 38.8 Å². The van der Waals surface area contributed by atoms with Gasteiger partial charge in [-0.25, -0.2) is 4.98 Å². The molecule has 110 valence electrons. The van der Waals surface area contributed by atoms with E-state index in [0.717, 1.165) is 43.7 Å². The number of aryl methyl sites for hydroxylation is 1. The first-order valence-corrected chi connectivity index (χ1v) is 7.50. The Hall–Kier alpha value is -0.950. The molecule has 2 aromatic heterocycles. The molecule has 0 amide bonds. The van der Waals surface area contributed by atoms with E-state index >= 15 is 0 Å². The molecule has 2 N–H and O–H groups in total. The fourth-order valence-electron chi connectivity index (χ4n) is 2.37. The molecule has 3 rings (SSSR count). The lowest BCUT2D eigenvalue weighted by Crippen LogP contribution is -2.39. The maximum absolute atomic E-state index is 5.92. The molecule has 0 spiro atoms. The number of aromatic nitrogens is 3. The lowest BCUT2D eigenvalue weighted by Gasteiger charge is -2.29. The molecule has 0 radical (unpaired) electrons. The Morgan fingerprint density at radius 3 is 2.80 bits per heavy atom. The van der Waals surface area contributed by atoms with Crippen LogP contribution >= 0.6 is 23.7 Å². The number of hydrogen-bond donors (Lipinski definition) is 1. The fraction of sp³-hybridized carbons (Fsp3) is 0.538. The van der Waals surface area contributed by atoms with Crippen molar-refractivity contribution < 1.29 is 0 Å². The third-order valence-electron chi connectivity index (χ3n) is 3.54. The van der Waals surface area contributed by atoms with E-state index in [1.54, 1.807) is 16.0 Å². The van der Waals surface area contributed by atoms with Crippen molar-refractivity contribution in [3.8, 4) is 11.3 Å². The second-order valence-corrected chi connectivity index (χ2v) is 6.09. The average Bonchev–Trinajstić information content (AvgIpc) is 3.01. The molecule has 2 aromatic rings. The van der Waals surface area contributed by atoms with Crippen LogP contribution in [0.4, 0.5) is 0 Å². The normalized spacial score (nSPS) is 17.1. The summed E-state index contributed by atoms with van der Waals surface area (Å²) >= 11 is 1.73. The molecule has 1 saturated heterocycles. The zero-order valence-corrected chi connectivity index (χ0v) is 13.2. The number of hydrogen-bond acceptors (Lipinski definition) is 5. The minimum atomic E-state index is 0. The molecular formula is C13H20ClN5S. The van der Waals surface area contributed by atoms with Crippen LogP contribution in [0.15, 0.2) is 17.8 Å². The Labute approximate surface area is 129 Å². The lowest BCUT2D eigenvalue weighted by atomic mass is 10.1. The quantitative estimate of drug-likeness (QED) is 0.940. The third-order valence-corrected chi connectivity index (χ3v) is 4.38. The summed E-state index contributed by atoms with van der Waals surface area (Å²) in [6.45, 7) is 3.11. The molecule has 5 nitrogen and oxygen atoms in total. The standard InChI is InChI=1S/C13H19N5S.ClH/c1-17-7-10(6-15-17)12-9-19-13(16-12)8-18-4-2-11(14)3-5-18;/h6-7,9,11H,2-5,8,14H2,1H3;1H. The lowest BCUT2D eigenvalue weighted by molar-refractivity contribution is 0.205. The van der Waals surface area contributed by atoms with E-state index in [1.165, 1.54) is 5.01 Å². The Morgan fingerprint density at radius 2 is 2.15 bits per heavy atom. The van der Waals surface area contributed by atoms with E-state index in [9.17, 15) is 0 Å². The summed E-state index contributed by atoms with van der Waals surface area (Å²) in [4.78, 5) is 7.14. The Bertz CT molecular complexity index is 544. The third kappa shape index (κ3) is 3.58. The largest absolute Gasteiger partial charge is 0.328 e. The molecule has 3 heterocycles. The van der Waals surface area contributed by atoms with Crippen LogP contribution in [0.25, 0.3) is 11.3 Å². The van der Waals surface area contributed by atoms with Crippen LogP contribution in [0.3, 0.4) is 0 Å². The van der Waals surface area contributed by atoms with E-state index < -0.39 is 0 Å². The van der Waals surface area contributed by atoms with E-state index in [1.807, 2.05) is 19.4 Å². The molecule has 0 bridgehead atoms. The summed E-state index contributed by atoms with van der Waals surface area (Å²) in [5.41, 5.74) is 8.04. The molecule has 1 aliphatic rings. The zero-order valence-electron chi connectivity index (χ0n) is 11.5. The van der Waals surface area contributed by atoms with E-state index in [-0.39, 0.29) is 12.4 Å². The highest BCUT2D eigenvalue weighted by Crippen LogP contribution is 2.22. The van der Waals surface area contributed by atoms with Crippen molar-refractivity contribution in [1.29, 1.82) is 0 Å². The number of nitrogens with two attached hydrogens (primary N) is 1. The Balaban J connectivity index is 0.00000147. The molecule has 20 heavy (non-hydrogen) atoms. The van der Waals surface area contributed by atoms with Gasteiger partial charge in [0.2, 0.25) is 0 Å². The first kappa shape index (κ1) is 15.4. The van der Waals surface area contributed by atoms with Gasteiger partial charge in [0.15, 0.2) is 0 Å². The summed E-state index contributed by atoms with van der Waals surface area (Å²) in [6.07, 6.45) is 6.05. The minimum absolute atomic E-state index is 0. The number of likely N-dealkylation sites (tertiary alicyclic amines) is 1. The number of halogens is 1. The molecule has 1 fully saturated rings. The average molecular weight is 314 g/mol. The summed E-state index contributed by atoms with van der Waals surface area (Å²) in [5.74, 6) is 0. The van der Waals surface area contributed by atoms with Crippen molar-refractivity contribution in [2.45, 2.75) is 25.4 Å². The molecule has 0 unspecified atom stereocenters. The molecule has 0 saturated carbocycles. The highest BCUT2D eigenvalue weighted by Gasteiger charge is 2.17. The fourth-order valence-corrected chi connectivity index (χ4v) is 3.22. The molecule has 0 atom stereocenters. The maximum Gasteiger partial charge on any atom is 0.107 e. The van der Waals surface area contributed by atoms with Crippen LogP contribution in [0, 0.1) is 0 Å². The van der Waals surface area contributed by atoms with Gasteiger partial charge in [-0.1, -0.05) is 0 Å². The van der Waals surface area contributed by atoms with Crippen LogP contribution in [0.2, 0.25) is 0 Å². The number of thiazole rings is 1. The first-order chi connectivity index (χ1) is 9.20. The van der Waals surface area contributed by atoms with Crippen molar-refractivity contribution in [2.75, 3.05) is 13.1 Å². The topological polar surface area (TPSA) is 60.0 Å². The highest BCUT2D eigenvalue weighted by atomic mass is 35.5. The van der Waals surface area contributed by atoms with Gasteiger partial charge in [0.1, 0.15) is 5.01 Å². The Morgan fingerprint density at radius 1 is 1.40 bits per heavy atom. The first-order valence-electron chi connectivity index (χ1n) is 6.62. The zero-order chi connectivity index (χ0) is 13.2. The van der Waals surface area contributed by atoms with Crippen molar-refractivity contribution >= 4 is 23.7 Å². The van der Waals surface area contributed by atoms with Gasteiger partial charge >= 0.3 is 0 Å². The second-order valence-electron chi connectivity index (χ2n) is 5.14. The molecular weight excluding hydrogens is 294 g/mol. The van der Waals surface area contributed by atoms with Gasteiger partial charge in [-0.05, 0) is 12.8 Å². The van der Waals surface area contributed by atoms with Crippen molar-refractivity contribution in [3.63, 3.8) is 0 Å². The van der Waals surface area contributed by atoms with Crippen LogP contribution in [0.1, 0.15) is 17.8 Å². The van der Waals surface area contributed by atoms with Gasteiger partial charge in [0, 0.05) is 43.3 Å². The van der Waals surface area contributed by atoms with Crippen molar-refractivity contribution in [2.24, 2.45) is 12.8 Å². The van der Waals surface area contributed by atoms with Gasteiger partial charge in [-0.15, -0.1) is 23.7 Å². The number of nitrogens with zero attached hydrogens (tertiary/aromatic N) is 4. The molecule has 1 aliphatic heterocycles. The van der Waals surface area contributed by atoms with E-state index in [4.69, 9.17) is 10.7 Å². The van der Waals surface area contributed by atoms with Gasteiger partial charge in [-0.2, -0.15) is 5.10 Å². The smallest absolute Gasteiger partial charge is 0.107 e. The summed E-state index contributed by atoms with van der Waals surface area (Å²) in [5, 5.41) is 7.47. The molecule has 0 aromatic carbocycles. The van der Waals surface area contributed by atoms with Crippen molar-refractivity contribution in [1.82, 2.24) is 19.7 Å². The summed E-state index contributed by atoms with van der Waals surface area (Å²) in [7, 11) is 1.92. The van der Waals surface area contributed by atoms with Gasteiger partial charge in [0.25, 0.3) is 0 Å². The number of rotatable bonds is 3. The Kier molecular flexibility index (Phi) is 5.15. The predicted octanol–water partition coefficient (Wildman–Crippen LogP) is 1.89. The van der Waals surface area contributed by atoms with Crippen molar-refractivity contribution in [3.05, 3.63) is 22.8 Å². The predicted molar refractivity (Wildman–Crippen MR) is 84.1 cm³/mol. The van der Waals surface area contributed by atoms with E-state index in [2.05, 4.69) is 15.4 Å². The highest BCUT2D eigenvalue weighted by molar-refractivity contribution is 7.09.